The molecular formula is C68H101N17O26. The SMILES string of the molecule is CCCCCCCCCCC(=O)NC(Cc1c[nH]c2ccccc12)C(=O)NC(CC(N)=O)C(=O)NC(CC(=O)O)C(=O)NC1C(=O)NCC(=O)NC(CCCN)C(=O)NC(CC(=O)O)C(=O)NC(CC(N)=O)C(=O)NC(CC(=O)O)C(=O)NCC(=O)NC(CO)C(=O)NC(CCC(=O)O)C(=O)NC(C(C)C)C(=O)OC1C. The van der Waals surface area contributed by atoms with Crippen LogP contribution in [0.25, 0.3) is 10.9 Å². The Morgan fingerprint density at radius 3 is 1.56 bits per heavy atom. The van der Waals surface area contributed by atoms with Gasteiger partial charge in [0.15, 0.2) is 0 Å². The van der Waals surface area contributed by atoms with Gasteiger partial charge in [0, 0.05) is 36.4 Å². The standard InChI is InChI=1S/C68H101N17O26/c1-5-6-7-8-9-10-11-12-19-49(89)76-40(23-35-29-72-37-17-14-13-16-36(35)37)61(103)79-42(25-48(71)88)63(105)83-45(28-55(98)99)65(107)85-57-34(4)111-68(110)56(33(2)3)84-60(102)39(20-21-52(92)93)78-66(108)46(32-86)77-51(91)30-73-58(100)43(26-53(94)95)81-62(104)41(24-47(70)87)80-64(106)44(27-54(96)97)82-59(101)38(18-15-22-69)75-50(90)31-74-67(57)109/h13-14,16-17,29,33-34,38-46,56-57,72,86H,5-12,15,18-28,30-32,69H2,1-4H3,(H2,70,87)(H2,71,88)(H,73,100)(H,74,109)(H,75,90)(H,76,89)(H,77,91)(H,78,108)(H,79,103)(H,80,106)(H,81,104)(H,82,101)(H,83,105)(H,84,102)(H,85,107)(H,92,93)(H,94,95)(H,96,97)(H,98,99). The van der Waals surface area contributed by atoms with Crippen LogP contribution >= 0.6 is 0 Å². The Kier molecular flexibility index (Phi) is 40.2. The number of ether oxygens (including phenoxy) is 1. The molecule has 43 nitrogen and oxygen atoms in total. The molecule has 15 amide bonds. The highest BCUT2D eigenvalue weighted by Gasteiger charge is 2.40. The van der Waals surface area contributed by atoms with Gasteiger partial charge in [0.25, 0.3) is 0 Å². The van der Waals surface area contributed by atoms with Crippen molar-refractivity contribution in [3.05, 3.63) is 36.0 Å². The number of aliphatic hydroxyl groups is 1. The smallest absolute Gasteiger partial charge is 0.329 e. The summed E-state index contributed by atoms with van der Waals surface area (Å²) in [7, 11) is 0. The van der Waals surface area contributed by atoms with E-state index in [2.05, 4.69) is 59.8 Å². The molecule has 614 valence electrons. The number of hydrogen-bond donors (Lipinski definition) is 22. The number of fused-ring (bicyclic) bond motifs is 1. The first-order chi connectivity index (χ1) is 52.4. The maximum Gasteiger partial charge on any atom is 0.329 e. The van der Waals surface area contributed by atoms with Crippen LogP contribution in [0.3, 0.4) is 0 Å². The Labute approximate surface area is 635 Å². The van der Waals surface area contributed by atoms with Crippen LogP contribution in [-0.4, -0.2) is 248 Å². The summed E-state index contributed by atoms with van der Waals surface area (Å²) in [5.41, 5.74) is 17.8. The maximum absolute atomic E-state index is 14.6. The van der Waals surface area contributed by atoms with E-state index in [4.69, 9.17) is 21.9 Å². The summed E-state index contributed by atoms with van der Waals surface area (Å²) in [5.74, 6) is -29.4. The van der Waals surface area contributed by atoms with Crippen molar-refractivity contribution in [3.8, 4) is 0 Å². The third-order valence-electron chi connectivity index (χ3n) is 17.0. The van der Waals surface area contributed by atoms with Crippen LogP contribution in [0.2, 0.25) is 0 Å². The molecule has 1 saturated heterocycles. The fraction of sp³-hybridized carbons (Fsp3) is 0.588. The number of nitrogens with one attached hydrogen (secondary N) is 14. The number of hydrogen-bond acceptors (Lipinski definition) is 23. The first kappa shape index (κ1) is 93.3. The summed E-state index contributed by atoms with van der Waals surface area (Å²) in [4.78, 5) is 272. The van der Waals surface area contributed by atoms with Crippen LogP contribution in [0.4, 0.5) is 0 Å². The quantitative estimate of drug-likeness (QED) is 0.0223. The number of carboxylic acids is 4. The zero-order valence-electron chi connectivity index (χ0n) is 61.7. The topological polar surface area (TPSA) is 702 Å². The van der Waals surface area contributed by atoms with Gasteiger partial charge in [-0.3, -0.25) is 91.1 Å². The number of benzene rings is 1. The minimum absolute atomic E-state index is 0.00440. The summed E-state index contributed by atoms with van der Waals surface area (Å²) in [6.07, 6.45) is -1.72. The molecule has 25 N–H and O–H groups in total. The van der Waals surface area contributed by atoms with Crippen LogP contribution in [0.1, 0.15) is 149 Å². The van der Waals surface area contributed by atoms with Gasteiger partial charge in [-0.25, -0.2) is 4.79 Å². The molecule has 12 unspecified atom stereocenters. The summed E-state index contributed by atoms with van der Waals surface area (Å²) in [5, 5.41) is 78.0. The molecule has 0 saturated carbocycles. The predicted molar refractivity (Wildman–Crippen MR) is 384 cm³/mol. The number of amides is 15. The minimum Gasteiger partial charge on any atom is -0.481 e. The molecule has 0 aliphatic carbocycles. The number of carboxylic acid groups (broad SMARTS) is 4. The van der Waals surface area contributed by atoms with Crippen LogP contribution in [0, 0.1) is 5.92 Å². The summed E-state index contributed by atoms with van der Waals surface area (Å²) < 4.78 is 5.63. The molecule has 2 aromatic rings. The average Bonchev–Trinajstić information content (AvgIpc) is 1.70. The molecule has 1 aromatic carbocycles. The highest BCUT2D eigenvalue weighted by atomic mass is 16.5. The number of esters is 1. The van der Waals surface area contributed by atoms with Crippen LogP contribution in [-0.2, 0) is 107 Å². The minimum atomic E-state index is -2.34. The first-order valence-corrected chi connectivity index (χ1v) is 35.7. The van der Waals surface area contributed by atoms with Gasteiger partial charge in [0.2, 0.25) is 88.6 Å². The lowest BCUT2D eigenvalue weighted by Crippen LogP contribution is -2.62. The summed E-state index contributed by atoms with van der Waals surface area (Å²) in [6.45, 7) is 1.81. The molecular weight excluding hydrogens is 1470 g/mol. The second-order valence-electron chi connectivity index (χ2n) is 26.5. The van der Waals surface area contributed by atoms with Gasteiger partial charge >= 0.3 is 29.8 Å². The summed E-state index contributed by atoms with van der Waals surface area (Å²) in [6, 6.07) is -15.5. The number of aliphatic carboxylic acids is 4. The van der Waals surface area contributed by atoms with E-state index in [9.17, 15) is 121 Å². The zero-order valence-corrected chi connectivity index (χ0v) is 61.7. The molecule has 0 spiro atoms. The molecule has 43 heteroatoms. The van der Waals surface area contributed by atoms with E-state index >= 15 is 0 Å². The number of aromatic amines is 1. The number of carbonyl (C=O) groups is 20. The molecule has 1 aliphatic rings. The number of rotatable bonds is 36. The fourth-order valence-corrected chi connectivity index (χ4v) is 11.1. The molecule has 1 fully saturated rings. The van der Waals surface area contributed by atoms with Gasteiger partial charge in [-0.05, 0) is 56.7 Å². The van der Waals surface area contributed by atoms with Crippen molar-refractivity contribution >= 4 is 129 Å². The molecule has 0 radical (unpaired) electrons. The van der Waals surface area contributed by atoms with Crippen molar-refractivity contribution in [1.82, 2.24) is 74.1 Å². The number of para-hydroxylation sites is 1. The lowest BCUT2D eigenvalue weighted by molar-refractivity contribution is -0.157. The van der Waals surface area contributed by atoms with E-state index in [1.165, 1.54) is 13.8 Å². The Hall–Kier alpha value is -11.9. The third kappa shape index (κ3) is 34.0. The van der Waals surface area contributed by atoms with Crippen molar-refractivity contribution in [2.24, 2.45) is 23.1 Å². The van der Waals surface area contributed by atoms with Gasteiger partial charge in [-0.15, -0.1) is 0 Å². The van der Waals surface area contributed by atoms with E-state index in [1.54, 1.807) is 30.5 Å². The predicted octanol–water partition coefficient (Wildman–Crippen LogP) is -6.82. The van der Waals surface area contributed by atoms with Gasteiger partial charge in [-0.1, -0.05) is 83.9 Å². The van der Waals surface area contributed by atoms with Crippen LogP contribution < -0.4 is 86.3 Å². The lowest BCUT2D eigenvalue weighted by Gasteiger charge is -2.30. The zero-order chi connectivity index (χ0) is 83.2. The number of carbonyl (C=O) groups excluding carboxylic acids is 16. The van der Waals surface area contributed by atoms with E-state index in [0.29, 0.717) is 29.3 Å². The monoisotopic (exact) mass is 1570 g/mol. The number of unbranched alkanes of at least 4 members (excludes halogenated alkanes) is 7. The number of aliphatic hydroxyl groups excluding tert-OH is 1. The van der Waals surface area contributed by atoms with E-state index in [-0.39, 0.29) is 25.8 Å². The largest absolute Gasteiger partial charge is 0.481 e. The second kappa shape index (κ2) is 47.8. The molecule has 0 bridgehead atoms. The number of H-pyrrole nitrogens is 1. The van der Waals surface area contributed by atoms with E-state index < -0.39 is 268 Å². The molecule has 3 rings (SSSR count). The first-order valence-electron chi connectivity index (χ1n) is 35.7. The summed E-state index contributed by atoms with van der Waals surface area (Å²) >= 11 is 0. The van der Waals surface area contributed by atoms with Crippen LogP contribution in [0.15, 0.2) is 30.5 Å². The number of cyclic esters (lactones) is 1. The third-order valence-corrected chi connectivity index (χ3v) is 17.0. The van der Waals surface area contributed by atoms with Crippen molar-refractivity contribution < 1.29 is 126 Å². The molecule has 1 aromatic heterocycles. The number of aromatic nitrogens is 1. The number of nitrogens with two attached hydrogens (primary N) is 3. The lowest BCUT2D eigenvalue weighted by atomic mass is 10.0. The maximum atomic E-state index is 14.6. The normalized spacial score (nSPS) is 21.3. The fourth-order valence-electron chi connectivity index (χ4n) is 11.1. The Morgan fingerprint density at radius 2 is 1.02 bits per heavy atom. The Balaban J connectivity index is 2.19. The van der Waals surface area contributed by atoms with E-state index in [1.807, 2.05) is 21.3 Å². The molecule has 1 aliphatic heterocycles. The van der Waals surface area contributed by atoms with Crippen molar-refractivity contribution in [3.63, 3.8) is 0 Å². The van der Waals surface area contributed by atoms with Gasteiger partial charge < -0.3 is 122 Å². The Bertz CT molecular complexity index is 3680. The molecule has 12 atom stereocenters. The van der Waals surface area contributed by atoms with Gasteiger partial charge in [0.1, 0.15) is 72.6 Å². The molecule has 111 heavy (non-hydrogen) atoms. The molecule has 2 heterocycles. The number of primary amides is 2. The van der Waals surface area contributed by atoms with Crippen molar-refractivity contribution in [2.75, 3.05) is 26.2 Å². The van der Waals surface area contributed by atoms with Crippen LogP contribution in [0.5, 0.6) is 0 Å². The highest BCUT2D eigenvalue weighted by molar-refractivity contribution is 6.02. The van der Waals surface area contributed by atoms with Gasteiger partial charge in [0.05, 0.1) is 51.8 Å². The Morgan fingerprint density at radius 1 is 0.523 bits per heavy atom. The van der Waals surface area contributed by atoms with Gasteiger partial charge in [-0.2, -0.15) is 0 Å². The highest BCUT2D eigenvalue weighted by Crippen LogP contribution is 2.21. The van der Waals surface area contributed by atoms with Crippen molar-refractivity contribution in [1.29, 1.82) is 0 Å². The van der Waals surface area contributed by atoms with E-state index in [0.717, 1.165) is 45.4 Å². The van der Waals surface area contributed by atoms with Crippen molar-refractivity contribution in [2.45, 2.75) is 222 Å². The average molecular weight is 1570 g/mol. The second-order valence-corrected chi connectivity index (χ2v) is 26.5.